The number of hydrogen-bond donors (Lipinski definition) is 1. The number of hydrogen-bond acceptors (Lipinski definition) is 2. The van der Waals surface area contributed by atoms with Crippen LogP contribution in [0.3, 0.4) is 0 Å². The standard InChI is InChI=1S/C13H12BrNOS/c1-8-3-5-10(14)7-11(8)15-13(16)12-6-4-9(2)17-12/h3-7H,1-2H3,(H,15,16). The van der Waals surface area contributed by atoms with E-state index < -0.39 is 0 Å². The molecule has 1 heterocycles. The Hall–Kier alpha value is -1.13. The Labute approximate surface area is 113 Å². The summed E-state index contributed by atoms with van der Waals surface area (Å²) >= 11 is 4.90. The Kier molecular flexibility index (Phi) is 3.64. The zero-order valence-corrected chi connectivity index (χ0v) is 12.0. The Bertz CT molecular complexity index is 562. The van der Waals surface area contributed by atoms with Gasteiger partial charge in [-0.2, -0.15) is 0 Å². The topological polar surface area (TPSA) is 29.1 Å². The zero-order chi connectivity index (χ0) is 12.4. The lowest BCUT2D eigenvalue weighted by molar-refractivity contribution is 0.103. The summed E-state index contributed by atoms with van der Waals surface area (Å²) < 4.78 is 0.959. The first kappa shape index (κ1) is 12.3. The van der Waals surface area contributed by atoms with Gasteiger partial charge in [0, 0.05) is 15.0 Å². The monoisotopic (exact) mass is 309 g/mol. The molecular formula is C13H12BrNOS. The quantitative estimate of drug-likeness (QED) is 0.876. The number of rotatable bonds is 2. The van der Waals surface area contributed by atoms with E-state index in [9.17, 15) is 4.79 Å². The second-order valence-corrected chi connectivity index (χ2v) is 6.03. The fraction of sp³-hybridized carbons (Fsp3) is 0.154. The molecule has 0 spiro atoms. The first-order chi connectivity index (χ1) is 8.06. The maximum Gasteiger partial charge on any atom is 0.265 e. The summed E-state index contributed by atoms with van der Waals surface area (Å²) in [5.74, 6) is -0.0516. The van der Waals surface area contributed by atoms with Crippen LogP contribution in [0.4, 0.5) is 5.69 Å². The Balaban J connectivity index is 2.21. The second-order valence-electron chi connectivity index (χ2n) is 3.82. The minimum atomic E-state index is -0.0516. The normalized spacial score (nSPS) is 10.3. The summed E-state index contributed by atoms with van der Waals surface area (Å²) in [6, 6.07) is 9.64. The number of anilines is 1. The molecular weight excluding hydrogens is 298 g/mol. The predicted molar refractivity (Wildman–Crippen MR) is 75.9 cm³/mol. The molecule has 2 aromatic rings. The van der Waals surface area contributed by atoms with E-state index in [-0.39, 0.29) is 5.91 Å². The summed E-state index contributed by atoms with van der Waals surface area (Å²) in [6.45, 7) is 3.97. The van der Waals surface area contributed by atoms with E-state index in [1.807, 2.05) is 44.2 Å². The Morgan fingerprint density at radius 2 is 2.00 bits per heavy atom. The lowest BCUT2D eigenvalue weighted by Crippen LogP contribution is -2.11. The minimum absolute atomic E-state index is 0.0516. The molecule has 0 fully saturated rings. The third kappa shape index (κ3) is 2.96. The number of halogens is 1. The maximum atomic E-state index is 12.0. The molecule has 0 unspecified atom stereocenters. The van der Waals surface area contributed by atoms with Gasteiger partial charge in [-0.1, -0.05) is 22.0 Å². The van der Waals surface area contributed by atoms with Crippen LogP contribution in [-0.2, 0) is 0 Å². The van der Waals surface area contributed by atoms with E-state index in [1.54, 1.807) is 0 Å². The second kappa shape index (κ2) is 5.02. The molecule has 0 saturated carbocycles. The van der Waals surface area contributed by atoms with Crippen LogP contribution in [-0.4, -0.2) is 5.91 Å². The van der Waals surface area contributed by atoms with Crippen LogP contribution in [0.15, 0.2) is 34.8 Å². The van der Waals surface area contributed by atoms with Gasteiger partial charge in [0.15, 0.2) is 0 Å². The average molecular weight is 310 g/mol. The summed E-state index contributed by atoms with van der Waals surface area (Å²) in [5.41, 5.74) is 1.89. The van der Waals surface area contributed by atoms with Crippen LogP contribution < -0.4 is 5.32 Å². The molecule has 1 aromatic carbocycles. The molecule has 17 heavy (non-hydrogen) atoms. The maximum absolute atomic E-state index is 12.0. The van der Waals surface area contributed by atoms with Crippen LogP contribution in [0.2, 0.25) is 0 Å². The molecule has 0 aliphatic heterocycles. The number of benzene rings is 1. The highest BCUT2D eigenvalue weighted by Gasteiger charge is 2.09. The smallest absolute Gasteiger partial charge is 0.265 e. The van der Waals surface area contributed by atoms with Crippen LogP contribution >= 0.6 is 27.3 Å². The average Bonchev–Trinajstić information content (AvgIpc) is 2.70. The lowest BCUT2D eigenvalue weighted by atomic mass is 10.2. The van der Waals surface area contributed by atoms with Gasteiger partial charge in [0.1, 0.15) is 0 Å². The van der Waals surface area contributed by atoms with Crippen molar-refractivity contribution in [1.82, 2.24) is 0 Å². The van der Waals surface area contributed by atoms with Crippen molar-refractivity contribution in [3.63, 3.8) is 0 Å². The number of carbonyl (C=O) groups excluding carboxylic acids is 1. The van der Waals surface area contributed by atoms with Gasteiger partial charge in [-0.15, -0.1) is 11.3 Å². The van der Waals surface area contributed by atoms with Gasteiger partial charge < -0.3 is 5.32 Å². The highest BCUT2D eigenvalue weighted by atomic mass is 79.9. The number of nitrogens with one attached hydrogen (secondary N) is 1. The van der Waals surface area contributed by atoms with E-state index in [2.05, 4.69) is 21.2 Å². The Morgan fingerprint density at radius 1 is 1.24 bits per heavy atom. The van der Waals surface area contributed by atoms with Gasteiger partial charge in [0.25, 0.3) is 5.91 Å². The van der Waals surface area contributed by atoms with Crippen molar-refractivity contribution in [3.8, 4) is 0 Å². The third-order valence-corrected chi connectivity index (χ3v) is 3.90. The largest absolute Gasteiger partial charge is 0.321 e. The first-order valence-electron chi connectivity index (χ1n) is 5.20. The fourth-order valence-electron chi connectivity index (χ4n) is 1.47. The molecule has 2 nitrogen and oxygen atoms in total. The van der Waals surface area contributed by atoms with Crippen molar-refractivity contribution in [1.29, 1.82) is 0 Å². The van der Waals surface area contributed by atoms with Crippen molar-refractivity contribution in [2.45, 2.75) is 13.8 Å². The predicted octanol–water partition coefficient (Wildman–Crippen LogP) is 4.38. The van der Waals surface area contributed by atoms with Gasteiger partial charge >= 0.3 is 0 Å². The van der Waals surface area contributed by atoms with Gasteiger partial charge in [0.05, 0.1) is 4.88 Å². The van der Waals surface area contributed by atoms with E-state index in [0.717, 1.165) is 25.5 Å². The van der Waals surface area contributed by atoms with Gasteiger partial charge in [0.2, 0.25) is 0 Å². The highest BCUT2D eigenvalue weighted by Crippen LogP contribution is 2.22. The van der Waals surface area contributed by atoms with Gasteiger partial charge in [-0.3, -0.25) is 4.79 Å². The van der Waals surface area contributed by atoms with Crippen molar-refractivity contribution >= 4 is 38.9 Å². The SMILES string of the molecule is Cc1ccc(C(=O)Nc2cc(Br)ccc2C)s1. The molecule has 2 rings (SSSR count). The summed E-state index contributed by atoms with van der Waals surface area (Å²) in [4.78, 5) is 13.9. The molecule has 0 saturated heterocycles. The molecule has 1 amide bonds. The van der Waals surface area contributed by atoms with Gasteiger partial charge in [-0.25, -0.2) is 0 Å². The highest BCUT2D eigenvalue weighted by molar-refractivity contribution is 9.10. The Morgan fingerprint density at radius 3 is 2.65 bits per heavy atom. The summed E-state index contributed by atoms with van der Waals surface area (Å²) in [6.07, 6.45) is 0. The van der Waals surface area contributed by atoms with Gasteiger partial charge in [-0.05, 0) is 43.7 Å². The number of aryl methyl sites for hydroxylation is 2. The fourth-order valence-corrected chi connectivity index (χ4v) is 2.59. The molecule has 0 aliphatic carbocycles. The molecule has 0 bridgehead atoms. The van der Waals surface area contributed by atoms with Crippen LogP contribution in [0.1, 0.15) is 20.1 Å². The van der Waals surface area contributed by atoms with Crippen molar-refractivity contribution in [3.05, 3.63) is 50.1 Å². The third-order valence-electron chi connectivity index (χ3n) is 2.41. The summed E-state index contributed by atoms with van der Waals surface area (Å²) in [7, 11) is 0. The summed E-state index contributed by atoms with van der Waals surface area (Å²) in [5, 5.41) is 2.92. The van der Waals surface area contributed by atoms with E-state index in [4.69, 9.17) is 0 Å². The zero-order valence-electron chi connectivity index (χ0n) is 9.58. The van der Waals surface area contributed by atoms with Crippen LogP contribution in [0.25, 0.3) is 0 Å². The molecule has 1 aromatic heterocycles. The molecule has 0 atom stereocenters. The molecule has 88 valence electrons. The number of amides is 1. The molecule has 1 N–H and O–H groups in total. The number of carbonyl (C=O) groups is 1. The van der Waals surface area contributed by atoms with E-state index in [1.165, 1.54) is 11.3 Å². The lowest BCUT2D eigenvalue weighted by Gasteiger charge is -2.07. The van der Waals surface area contributed by atoms with Crippen LogP contribution in [0.5, 0.6) is 0 Å². The molecule has 0 aliphatic rings. The van der Waals surface area contributed by atoms with Crippen LogP contribution in [0, 0.1) is 13.8 Å². The first-order valence-corrected chi connectivity index (χ1v) is 6.81. The van der Waals surface area contributed by atoms with Crippen molar-refractivity contribution in [2.75, 3.05) is 5.32 Å². The molecule has 4 heteroatoms. The minimum Gasteiger partial charge on any atom is -0.321 e. The molecule has 0 radical (unpaired) electrons. The van der Waals surface area contributed by atoms with E-state index >= 15 is 0 Å². The van der Waals surface area contributed by atoms with Crippen molar-refractivity contribution in [2.24, 2.45) is 0 Å². The van der Waals surface area contributed by atoms with E-state index in [0.29, 0.717) is 0 Å². The van der Waals surface area contributed by atoms with Crippen molar-refractivity contribution < 1.29 is 4.79 Å². The number of thiophene rings is 1.